The van der Waals surface area contributed by atoms with Gasteiger partial charge in [-0.2, -0.15) is 0 Å². The molecule has 0 saturated heterocycles. The van der Waals surface area contributed by atoms with Gasteiger partial charge >= 0.3 is 5.97 Å². The number of benzene rings is 1. The average molecular weight is 306 g/mol. The molecule has 1 rings (SSSR count). The minimum atomic E-state index is -0.234. The summed E-state index contributed by atoms with van der Waals surface area (Å²) in [6.07, 6.45) is 2.53. The minimum absolute atomic E-state index is 0.00253. The lowest BCUT2D eigenvalue weighted by atomic mass is 9.99. The Kier molecular flexibility index (Phi) is 8.00. The van der Waals surface area contributed by atoms with Crippen LogP contribution >= 0.6 is 0 Å². The first-order valence-corrected chi connectivity index (χ1v) is 8.44. The molecule has 0 saturated carbocycles. The highest BCUT2D eigenvalue weighted by Gasteiger charge is 2.18. The molecule has 0 spiro atoms. The van der Waals surface area contributed by atoms with Crippen molar-refractivity contribution in [1.82, 2.24) is 0 Å². The molecule has 0 heterocycles. The van der Waals surface area contributed by atoms with Crippen LogP contribution in [0, 0.1) is 5.92 Å². The van der Waals surface area contributed by atoms with Crippen molar-refractivity contribution in [2.75, 3.05) is 6.61 Å². The highest BCUT2D eigenvalue weighted by atomic mass is 16.6. The highest BCUT2D eigenvalue weighted by molar-refractivity contribution is 5.72. The lowest BCUT2D eigenvalue weighted by Gasteiger charge is -2.18. The second kappa shape index (κ2) is 9.50. The van der Waals surface area contributed by atoms with Gasteiger partial charge in [-0.3, -0.25) is 4.79 Å². The van der Waals surface area contributed by atoms with Crippen molar-refractivity contribution in [1.29, 1.82) is 0 Å². The van der Waals surface area contributed by atoms with Crippen LogP contribution in [-0.2, 0) is 9.53 Å². The quantitative estimate of drug-likeness (QED) is 0.606. The monoisotopic (exact) mass is 306 g/mol. The van der Waals surface area contributed by atoms with Crippen LogP contribution in [-0.4, -0.2) is 18.7 Å². The Labute approximate surface area is 135 Å². The summed E-state index contributed by atoms with van der Waals surface area (Å²) in [7, 11) is 0. The maximum atomic E-state index is 11.9. The standard InChI is InChI=1S/C19H30O3/c1-6-14(4)17-9-11-18(12-10-17)21-13-15(5)22-19(20)16(7-2)8-3/h9-12,14-16H,6-8,13H2,1-5H3/t14-,15-/m1/s1. The molecule has 0 aliphatic heterocycles. The zero-order chi connectivity index (χ0) is 16.5. The number of carbonyl (C=O) groups excluding carboxylic acids is 1. The first kappa shape index (κ1) is 18.5. The number of carbonyl (C=O) groups is 1. The molecule has 0 amide bonds. The van der Waals surface area contributed by atoms with Crippen molar-refractivity contribution < 1.29 is 14.3 Å². The number of rotatable bonds is 9. The van der Waals surface area contributed by atoms with Crippen LogP contribution in [0.15, 0.2) is 24.3 Å². The third kappa shape index (κ3) is 5.70. The predicted molar refractivity (Wildman–Crippen MR) is 90.3 cm³/mol. The maximum Gasteiger partial charge on any atom is 0.309 e. The minimum Gasteiger partial charge on any atom is -0.490 e. The van der Waals surface area contributed by atoms with E-state index in [1.54, 1.807) is 0 Å². The van der Waals surface area contributed by atoms with Gasteiger partial charge in [-0.1, -0.05) is 39.8 Å². The van der Waals surface area contributed by atoms with Crippen molar-refractivity contribution in [2.45, 2.75) is 65.9 Å². The fraction of sp³-hybridized carbons (Fsp3) is 0.632. The molecule has 1 aromatic rings. The molecule has 0 bridgehead atoms. The van der Waals surface area contributed by atoms with Crippen LogP contribution < -0.4 is 4.74 Å². The molecule has 22 heavy (non-hydrogen) atoms. The Hall–Kier alpha value is -1.51. The van der Waals surface area contributed by atoms with Gasteiger partial charge in [-0.05, 0) is 49.8 Å². The molecule has 0 aliphatic carbocycles. The number of ether oxygens (including phenoxy) is 2. The molecule has 0 aromatic heterocycles. The molecule has 0 N–H and O–H groups in total. The topological polar surface area (TPSA) is 35.5 Å². The van der Waals surface area contributed by atoms with E-state index in [-0.39, 0.29) is 18.0 Å². The van der Waals surface area contributed by atoms with E-state index >= 15 is 0 Å². The van der Waals surface area contributed by atoms with Crippen molar-refractivity contribution >= 4 is 5.97 Å². The van der Waals surface area contributed by atoms with Gasteiger partial charge in [0.15, 0.2) is 0 Å². The molecule has 0 radical (unpaired) electrons. The lowest BCUT2D eigenvalue weighted by Crippen LogP contribution is -2.26. The van der Waals surface area contributed by atoms with E-state index in [1.165, 1.54) is 5.56 Å². The van der Waals surface area contributed by atoms with E-state index in [0.29, 0.717) is 12.5 Å². The first-order chi connectivity index (χ1) is 10.5. The molecule has 0 aliphatic rings. The largest absolute Gasteiger partial charge is 0.490 e. The summed E-state index contributed by atoms with van der Waals surface area (Å²) in [6.45, 7) is 10.7. The molecular formula is C19H30O3. The molecule has 0 unspecified atom stereocenters. The van der Waals surface area contributed by atoms with Crippen LogP contribution in [0.5, 0.6) is 5.75 Å². The zero-order valence-corrected chi connectivity index (χ0v) is 14.6. The van der Waals surface area contributed by atoms with Crippen molar-refractivity contribution in [3.05, 3.63) is 29.8 Å². The van der Waals surface area contributed by atoms with Gasteiger partial charge in [0, 0.05) is 0 Å². The summed E-state index contributed by atoms with van der Waals surface area (Å²) >= 11 is 0. The summed E-state index contributed by atoms with van der Waals surface area (Å²) in [5.41, 5.74) is 1.32. The van der Waals surface area contributed by atoms with E-state index in [2.05, 4.69) is 26.0 Å². The average Bonchev–Trinajstić information content (AvgIpc) is 2.53. The second-order valence-electron chi connectivity index (χ2n) is 5.95. The van der Waals surface area contributed by atoms with Crippen LogP contribution in [0.2, 0.25) is 0 Å². The fourth-order valence-corrected chi connectivity index (χ4v) is 2.29. The first-order valence-electron chi connectivity index (χ1n) is 8.44. The number of hydrogen-bond acceptors (Lipinski definition) is 3. The smallest absolute Gasteiger partial charge is 0.309 e. The molecule has 1 aromatic carbocycles. The summed E-state index contributed by atoms with van der Waals surface area (Å²) in [4.78, 5) is 11.9. The highest BCUT2D eigenvalue weighted by Crippen LogP contribution is 2.21. The van der Waals surface area contributed by atoms with Crippen LogP contribution in [0.3, 0.4) is 0 Å². The van der Waals surface area contributed by atoms with Gasteiger partial charge in [0.2, 0.25) is 0 Å². The Morgan fingerprint density at radius 2 is 1.59 bits per heavy atom. The van der Waals surface area contributed by atoms with Gasteiger partial charge in [0.1, 0.15) is 18.5 Å². The van der Waals surface area contributed by atoms with Gasteiger partial charge in [-0.25, -0.2) is 0 Å². The number of hydrogen-bond donors (Lipinski definition) is 0. The van der Waals surface area contributed by atoms with Crippen LogP contribution in [0.4, 0.5) is 0 Å². The number of esters is 1. The van der Waals surface area contributed by atoms with Crippen LogP contribution in [0.1, 0.15) is 65.4 Å². The normalized spacial score (nSPS) is 13.7. The fourth-order valence-electron chi connectivity index (χ4n) is 2.29. The van der Waals surface area contributed by atoms with E-state index in [4.69, 9.17) is 9.47 Å². The molecular weight excluding hydrogens is 276 g/mol. The van der Waals surface area contributed by atoms with E-state index in [1.807, 2.05) is 32.9 Å². The Morgan fingerprint density at radius 1 is 1.00 bits per heavy atom. The summed E-state index contributed by atoms with van der Waals surface area (Å²) in [6, 6.07) is 8.17. The van der Waals surface area contributed by atoms with Gasteiger partial charge in [0.25, 0.3) is 0 Å². The molecule has 0 fully saturated rings. The van der Waals surface area contributed by atoms with Crippen LogP contribution in [0.25, 0.3) is 0 Å². The molecule has 2 atom stereocenters. The van der Waals surface area contributed by atoms with Gasteiger partial charge in [-0.15, -0.1) is 0 Å². The second-order valence-corrected chi connectivity index (χ2v) is 5.95. The zero-order valence-electron chi connectivity index (χ0n) is 14.6. The van der Waals surface area contributed by atoms with Gasteiger partial charge in [0.05, 0.1) is 5.92 Å². The Bertz CT molecular complexity index is 434. The van der Waals surface area contributed by atoms with Gasteiger partial charge < -0.3 is 9.47 Å². The summed E-state index contributed by atoms with van der Waals surface area (Å²) in [5.74, 6) is 1.26. The van der Waals surface area contributed by atoms with E-state index in [9.17, 15) is 4.79 Å². The van der Waals surface area contributed by atoms with Crippen molar-refractivity contribution in [2.24, 2.45) is 5.92 Å². The summed E-state index contributed by atoms with van der Waals surface area (Å²) in [5, 5.41) is 0. The molecule has 3 nitrogen and oxygen atoms in total. The maximum absolute atomic E-state index is 11.9. The SMILES string of the molecule is CCC(CC)C(=O)O[C@H](C)COc1ccc([C@H](C)CC)cc1. The predicted octanol–water partition coefficient (Wildman–Crippen LogP) is 4.95. The third-order valence-corrected chi connectivity index (χ3v) is 4.18. The van der Waals surface area contributed by atoms with E-state index in [0.717, 1.165) is 25.0 Å². The molecule has 124 valence electrons. The lowest BCUT2D eigenvalue weighted by molar-refractivity contribution is -0.154. The van der Waals surface area contributed by atoms with Crippen molar-refractivity contribution in [3.63, 3.8) is 0 Å². The summed E-state index contributed by atoms with van der Waals surface area (Å²) < 4.78 is 11.1. The third-order valence-electron chi connectivity index (χ3n) is 4.18. The Morgan fingerprint density at radius 3 is 2.09 bits per heavy atom. The van der Waals surface area contributed by atoms with Crippen molar-refractivity contribution in [3.8, 4) is 5.75 Å². The van der Waals surface area contributed by atoms with E-state index < -0.39 is 0 Å². The molecule has 3 heteroatoms. The Balaban J connectivity index is 2.43.